The molecule has 3 aromatic rings. The SMILES string of the molecule is COc1cccc(-c2ccc(NC(=O)C3(c4ccc5c(c4)OCO5)CC3)cc2C(F)(F)F)c1. The Morgan fingerprint density at radius 2 is 1.79 bits per heavy atom. The van der Waals surface area contributed by atoms with Crippen molar-refractivity contribution < 1.29 is 32.2 Å². The van der Waals surface area contributed by atoms with Gasteiger partial charge in [0.2, 0.25) is 12.7 Å². The first kappa shape index (κ1) is 21.2. The van der Waals surface area contributed by atoms with Gasteiger partial charge in [-0.15, -0.1) is 0 Å². The lowest BCUT2D eigenvalue weighted by molar-refractivity contribution is -0.137. The molecular weight excluding hydrogens is 435 g/mol. The van der Waals surface area contributed by atoms with Crippen LogP contribution in [0.2, 0.25) is 0 Å². The largest absolute Gasteiger partial charge is 0.497 e. The highest BCUT2D eigenvalue weighted by atomic mass is 19.4. The Bertz CT molecular complexity index is 1230. The van der Waals surface area contributed by atoms with Crippen LogP contribution in [0.4, 0.5) is 18.9 Å². The number of ether oxygens (including phenoxy) is 3. The van der Waals surface area contributed by atoms with Crippen molar-refractivity contribution in [1.82, 2.24) is 0 Å². The minimum atomic E-state index is -4.60. The molecule has 1 aliphatic carbocycles. The monoisotopic (exact) mass is 455 g/mol. The van der Waals surface area contributed by atoms with Crippen LogP contribution in [0.1, 0.15) is 24.0 Å². The summed E-state index contributed by atoms with van der Waals surface area (Å²) < 4.78 is 57.6. The summed E-state index contributed by atoms with van der Waals surface area (Å²) in [7, 11) is 1.45. The quantitative estimate of drug-likeness (QED) is 0.530. The number of carbonyl (C=O) groups is 1. The number of hydrogen-bond donors (Lipinski definition) is 1. The van der Waals surface area contributed by atoms with E-state index in [9.17, 15) is 18.0 Å². The number of rotatable bonds is 5. The number of methoxy groups -OCH3 is 1. The molecule has 1 heterocycles. The Balaban J connectivity index is 1.44. The van der Waals surface area contributed by atoms with Crippen LogP contribution in [-0.2, 0) is 16.4 Å². The molecule has 1 aliphatic heterocycles. The second-order valence-corrected chi connectivity index (χ2v) is 8.09. The van der Waals surface area contributed by atoms with E-state index in [0.29, 0.717) is 35.7 Å². The number of hydrogen-bond acceptors (Lipinski definition) is 4. The van der Waals surface area contributed by atoms with Crippen LogP contribution in [0.5, 0.6) is 17.2 Å². The summed E-state index contributed by atoms with van der Waals surface area (Å²) >= 11 is 0. The number of fused-ring (bicyclic) bond motifs is 1. The molecule has 0 spiro atoms. The first-order valence-electron chi connectivity index (χ1n) is 10.4. The van der Waals surface area contributed by atoms with Gasteiger partial charge in [-0.05, 0) is 65.9 Å². The van der Waals surface area contributed by atoms with Gasteiger partial charge in [0.1, 0.15) is 5.75 Å². The maximum Gasteiger partial charge on any atom is 0.417 e. The average molecular weight is 455 g/mol. The zero-order chi connectivity index (χ0) is 23.2. The van der Waals surface area contributed by atoms with Gasteiger partial charge in [-0.2, -0.15) is 13.2 Å². The van der Waals surface area contributed by atoms with Crippen LogP contribution >= 0.6 is 0 Å². The summed E-state index contributed by atoms with van der Waals surface area (Å²) in [6.07, 6.45) is -3.40. The topological polar surface area (TPSA) is 56.8 Å². The summed E-state index contributed by atoms with van der Waals surface area (Å²) in [6.45, 7) is 0.123. The molecule has 1 amide bonds. The Kier molecular flexibility index (Phi) is 4.96. The minimum Gasteiger partial charge on any atom is -0.497 e. The fraction of sp³-hybridized carbons (Fsp3) is 0.240. The van der Waals surface area contributed by atoms with Gasteiger partial charge in [-0.25, -0.2) is 0 Å². The van der Waals surface area contributed by atoms with Crippen LogP contribution < -0.4 is 19.5 Å². The number of benzene rings is 3. The molecule has 0 bridgehead atoms. The molecular formula is C25H20F3NO4. The second kappa shape index (κ2) is 7.72. The molecule has 3 aromatic carbocycles. The first-order valence-corrected chi connectivity index (χ1v) is 10.4. The van der Waals surface area contributed by atoms with E-state index >= 15 is 0 Å². The van der Waals surface area contributed by atoms with E-state index in [-0.39, 0.29) is 24.0 Å². The zero-order valence-electron chi connectivity index (χ0n) is 17.7. The molecule has 1 fully saturated rings. The normalized spacial score (nSPS) is 15.8. The van der Waals surface area contributed by atoms with Crippen molar-refractivity contribution >= 4 is 11.6 Å². The molecule has 0 saturated heterocycles. The molecule has 1 N–H and O–H groups in total. The Morgan fingerprint density at radius 3 is 2.52 bits per heavy atom. The molecule has 0 unspecified atom stereocenters. The van der Waals surface area contributed by atoms with E-state index in [2.05, 4.69) is 5.32 Å². The predicted molar refractivity (Wildman–Crippen MR) is 116 cm³/mol. The summed E-state index contributed by atoms with van der Waals surface area (Å²) in [4.78, 5) is 13.1. The van der Waals surface area contributed by atoms with Crippen molar-refractivity contribution in [2.24, 2.45) is 0 Å². The maximum atomic E-state index is 13.9. The predicted octanol–water partition coefficient (Wildman–Crippen LogP) is 5.78. The molecule has 0 atom stereocenters. The van der Waals surface area contributed by atoms with E-state index in [4.69, 9.17) is 14.2 Å². The van der Waals surface area contributed by atoms with E-state index < -0.39 is 17.2 Å². The molecule has 0 radical (unpaired) electrons. The Morgan fingerprint density at radius 1 is 1.00 bits per heavy atom. The number of alkyl halides is 3. The third-order valence-corrected chi connectivity index (χ3v) is 6.07. The Labute approximate surface area is 188 Å². The van der Waals surface area contributed by atoms with Crippen molar-refractivity contribution in [2.75, 3.05) is 19.2 Å². The highest BCUT2D eigenvalue weighted by molar-refractivity contribution is 6.01. The van der Waals surface area contributed by atoms with E-state index in [1.54, 1.807) is 42.5 Å². The standard InChI is InChI=1S/C25H20F3NO4/c1-31-18-4-2-3-15(11-18)19-7-6-17(13-20(19)25(26,27)28)29-23(30)24(9-10-24)16-5-8-21-22(12-16)33-14-32-21/h2-8,11-13H,9-10,14H2,1H3,(H,29,30). The molecule has 0 aromatic heterocycles. The van der Waals surface area contributed by atoms with Gasteiger partial charge in [0.05, 0.1) is 18.1 Å². The third kappa shape index (κ3) is 3.86. The third-order valence-electron chi connectivity index (χ3n) is 6.07. The smallest absolute Gasteiger partial charge is 0.417 e. The maximum absolute atomic E-state index is 13.9. The van der Waals surface area contributed by atoms with Crippen molar-refractivity contribution in [1.29, 1.82) is 0 Å². The molecule has 8 heteroatoms. The van der Waals surface area contributed by atoms with E-state index in [1.807, 2.05) is 0 Å². The van der Waals surface area contributed by atoms with Crippen molar-refractivity contribution in [3.05, 3.63) is 71.8 Å². The lowest BCUT2D eigenvalue weighted by atomic mass is 9.94. The van der Waals surface area contributed by atoms with Gasteiger partial charge in [-0.1, -0.05) is 24.3 Å². The van der Waals surface area contributed by atoms with Gasteiger partial charge >= 0.3 is 6.18 Å². The molecule has 5 nitrogen and oxygen atoms in total. The number of anilines is 1. The molecule has 1 saturated carbocycles. The summed E-state index contributed by atoms with van der Waals surface area (Å²) in [5.41, 5.74) is -0.388. The summed E-state index contributed by atoms with van der Waals surface area (Å²) in [5, 5.41) is 2.69. The second-order valence-electron chi connectivity index (χ2n) is 8.09. The summed E-state index contributed by atoms with van der Waals surface area (Å²) in [5.74, 6) is 1.28. The van der Waals surface area contributed by atoms with Gasteiger partial charge in [0.25, 0.3) is 0 Å². The number of nitrogens with one attached hydrogen (secondary N) is 1. The molecule has 5 rings (SSSR count). The highest BCUT2D eigenvalue weighted by Crippen LogP contribution is 2.51. The lowest BCUT2D eigenvalue weighted by Gasteiger charge is -2.19. The van der Waals surface area contributed by atoms with Crippen LogP contribution in [0.25, 0.3) is 11.1 Å². The first-order chi connectivity index (χ1) is 15.8. The lowest BCUT2D eigenvalue weighted by Crippen LogP contribution is -2.28. The molecule has 170 valence electrons. The number of carbonyl (C=O) groups excluding carboxylic acids is 1. The fourth-order valence-corrected chi connectivity index (χ4v) is 4.12. The van der Waals surface area contributed by atoms with E-state index in [0.717, 1.165) is 11.6 Å². The fourth-order valence-electron chi connectivity index (χ4n) is 4.12. The molecule has 2 aliphatic rings. The van der Waals surface area contributed by atoms with Gasteiger partial charge in [-0.3, -0.25) is 4.79 Å². The van der Waals surface area contributed by atoms with Crippen LogP contribution in [-0.4, -0.2) is 19.8 Å². The highest BCUT2D eigenvalue weighted by Gasteiger charge is 2.51. The summed E-state index contributed by atoms with van der Waals surface area (Å²) in [6, 6.07) is 15.6. The van der Waals surface area contributed by atoms with Gasteiger partial charge in [0, 0.05) is 5.69 Å². The van der Waals surface area contributed by atoms with E-state index in [1.165, 1.54) is 19.2 Å². The van der Waals surface area contributed by atoms with Crippen LogP contribution in [0, 0.1) is 0 Å². The van der Waals surface area contributed by atoms with Crippen molar-refractivity contribution in [2.45, 2.75) is 24.4 Å². The van der Waals surface area contributed by atoms with Crippen LogP contribution in [0.3, 0.4) is 0 Å². The van der Waals surface area contributed by atoms with Crippen LogP contribution in [0.15, 0.2) is 60.7 Å². The number of amides is 1. The molecule has 33 heavy (non-hydrogen) atoms. The minimum absolute atomic E-state index is 0.0105. The average Bonchev–Trinajstić information content (AvgIpc) is 3.49. The van der Waals surface area contributed by atoms with Crippen molar-refractivity contribution in [3.63, 3.8) is 0 Å². The van der Waals surface area contributed by atoms with Crippen molar-refractivity contribution in [3.8, 4) is 28.4 Å². The van der Waals surface area contributed by atoms with Gasteiger partial charge in [0.15, 0.2) is 11.5 Å². The zero-order valence-corrected chi connectivity index (χ0v) is 17.7. The Hall–Kier alpha value is -3.68. The number of halogens is 3. The van der Waals surface area contributed by atoms with Gasteiger partial charge < -0.3 is 19.5 Å².